The van der Waals surface area contributed by atoms with Crippen LogP contribution < -0.4 is 5.73 Å². The van der Waals surface area contributed by atoms with Gasteiger partial charge in [-0.25, -0.2) is 14.1 Å². The van der Waals surface area contributed by atoms with Gasteiger partial charge in [-0.3, -0.25) is 0 Å². The van der Waals surface area contributed by atoms with Gasteiger partial charge in [0.05, 0.1) is 5.69 Å². The first kappa shape index (κ1) is 10.8. The summed E-state index contributed by atoms with van der Waals surface area (Å²) in [6, 6.07) is 4.65. The minimum atomic E-state index is -0.314. The molecule has 4 nitrogen and oxygen atoms in total. The Bertz CT molecular complexity index is 519. The number of aromatic nitrogens is 3. The van der Waals surface area contributed by atoms with Crippen molar-refractivity contribution in [3.8, 4) is 5.69 Å². The first-order valence-corrected chi connectivity index (χ1v) is 5.00. The maximum atomic E-state index is 13.3. The summed E-state index contributed by atoms with van der Waals surface area (Å²) in [7, 11) is 0. The van der Waals surface area contributed by atoms with Crippen LogP contribution in [-0.2, 0) is 6.54 Å². The number of hydrogen-bond acceptors (Lipinski definition) is 3. The Labute approximate surface area is 92.9 Å². The van der Waals surface area contributed by atoms with Gasteiger partial charge < -0.3 is 5.73 Å². The zero-order valence-electron chi connectivity index (χ0n) is 9.24. The quantitative estimate of drug-likeness (QED) is 0.834. The van der Waals surface area contributed by atoms with Crippen LogP contribution in [0.1, 0.15) is 17.2 Å². The average molecular weight is 220 g/mol. The van der Waals surface area contributed by atoms with E-state index in [1.165, 1.54) is 12.1 Å². The minimum absolute atomic E-state index is 0.303. The van der Waals surface area contributed by atoms with Crippen molar-refractivity contribution in [1.29, 1.82) is 0 Å². The predicted molar refractivity (Wildman–Crippen MR) is 58.7 cm³/mol. The lowest BCUT2D eigenvalue weighted by molar-refractivity contribution is 0.622. The Morgan fingerprint density at radius 1 is 1.31 bits per heavy atom. The molecule has 0 unspecified atom stereocenters. The van der Waals surface area contributed by atoms with E-state index in [1.54, 1.807) is 11.6 Å². The summed E-state index contributed by atoms with van der Waals surface area (Å²) in [5, 5.41) is 4.20. The molecule has 1 aromatic heterocycles. The van der Waals surface area contributed by atoms with E-state index in [1.807, 2.05) is 13.0 Å². The second kappa shape index (κ2) is 4.02. The van der Waals surface area contributed by atoms with Crippen molar-refractivity contribution in [1.82, 2.24) is 14.8 Å². The first-order valence-electron chi connectivity index (χ1n) is 5.00. The molecule has 1 aromatic carbocycles. The summed E-state index contributed by atoms with van der Waals surface area (Å²) in [6.45, 7) is 3.93. The molecule has 2 aromatic rings. The molecule has 2 N–H and O–H groups in total. The van der Waals surface area contributed by atoms with Crippen LogP contribution in [-0.4, -0.2) is 14.8 Å². The molecule has 84 valence electrons. The van der Waals surface area contributed by atoms with E-state index in [4.69, 9.17) is 5.73 Å². The van der Waals surface area contributed by atoms with Crippen LogP contribution in [0.5, 0.6) is 0 Å². The van der Waals surface area contributed by atoms with Gasteiger partial charge in [-0.15, -0.1) is 0 Å². The van der Waals surface area contributed by atoms with Crippen LogP contribution >= 0.6 is 0 Å². The summed E-state index contributed by atoms with van der Waals surface area (Å²) in [5.41, 5.74) is 6.89. The normalized spacial score (nSPS) is 10.8. The molecule has 5 heteroatoms. The largest absolute Gasteiger partial charge is 0.326 e. The minimum Gasteiger partial charge on any atom is -0.326 e. The molecule has 2 rings (SSSR count). The number of halogens is 1. The van der Waals surface area contributed by atoms with E-state index in [-0.39, 0.29) is 5.82 Å². The predicted octanol–water partition coefficient (Wildman–Crippen LogP) is 1.48. The van der Waals surface area contributed by atoms with Crippen LogP contribution in [0.4, 0.5) is 4.39 Å². The van der Waals surface area contributed by atoms with E-state index in [0.717, 1.165) is 11.4 Å². The monoisotopic (exact) mass is 220 g/mol. The van der Waals surface area contributed by atoms with Gasteiger partial charge in [0.1, 0.15) is 17.5 Å². The van der Waals surface area contributed by atoms with Crippen LogP contribution in [0.25, 0.3) is 5.69 Å². The van der Waals surface area contributed by atoms with Crippen LogP contribution in [0, 0.1) is 19.7 Å². The molecule has 0 fully saturated rings. The summed E-state index contributed by atoms with van der Waals surface area (Å²) in [4.78, 5) is 4.17. The van der Waals surface area contributed by atoms with Gasteiger partial charge in [-0.1, -0.05) is 0 Å². The fourth-order valence-corrected chi connectivity index (χ4v) is 1.64. The maximum absolute atomic E-state index is 13.3. The summed E-state index contributed by atoms with van der Waals surface area (Å²) in [6.07, 6.45) is 0. The molecule has 0 aliphatic carbocycles. The number of nitrogens with zero attached hydrogens (tertiary/aromatic N) is 3. The molecule has 0 radical (unpaired) electrons. The summed E-state index contributed by atoms with van der Waals surface area (Å²) < 4.78 is 14.9. The van der Waals surface area contributed by atoms with E-state index in [2.05, 4.69) is 10.1 Å². The molecule has 0 spiro atoms. The van der Waals surface area contributed by atoms with E-state index in [9.17, 15) is 4.39 Å². The highest BCUT2D eigenvalue weighted by Crippen LogP contribution is 2.14. The Balaban J connectivity index is 2.55. The van der Waals surface area contributed by atoms with Crippen LogP contribution in [0.2, 0.25) is 0 Å². The lowest BCUT2D eigenvalue weighted by atomic mass is 10.2. The summed E-state index contributed by atoms with van der Waals surface area (Å²) in [5.74, 6) is 1.08. The second-order valence-corrected chi connectivity index (χ2v) is 3.64. The molecule has 0 atom stereocenters. The molecule has 0 bridgehead atoms. The highest BCUT2D eigenvalue weighted by atomic mass is 19.1. The van der Waals surface area contributed by atoms with Gasteiger partial charge in [-0.05, 0) is 37.6 Å². The zero-order valence-corrected chi connectivity index (χ0v) is 9.24. The van der Waals surface area contributed by atoms with Gasteiger partial charge in [-0.2, -0.15) is 5.10 Å². The topological polar surface area (TPSA) is 56.7 Å². The van der Waals surface area contributed by atoms with Crippen LogP contribution in [0.3, 0.4) is 0 Å². The van der Waals surface area contributed by atoms with Crippen molar-refractivity contribution >= 4 is 0 Å². The van der Waals surface area contributed by atoms with E-state index >= 15 is 0 Å². The third-order valence-electron chi connectivity index (χ3n) is 2.30. The summed E-state index contributed by atoms with van der Waals surface area (Å²) >= 11 is 0. The van der Waals surface area contributed by atoms with E-state index < -0.39 is 0 Å². The average Bonchev–Trinajstić information content (AvgIpc) is 2.57. The van der Waals surface area contributed by atoms with Crippen molar-refractivity contribution in [3.63, 3.8) is 0 Å². The molecule has 0 aliphatic heterocycles. The van der Waals surface area contributed by atoms with Gasteiger partial charge in [0.25, 0.3) is 0 Å². The van der Waals surface area contributed by atoms with Crippen molar-refractivity contribution < 1.29 is 4.39 Å². The van der Waals surface area contributed by atoms with Crippen molar-refractivity contribution in [2.45, 2.75) is 20.4 Å². The number of rotatable bonds is 2. The highest BCUT2D eigenvalue weighted by Gasteiger charge is 2.07. The molecule has 0 aliphatic rings. The lowest BCUT2D eigenvalue weighted by Gasteiger charge is -2.05. The van der Waals surface area contributed by atoms with Crippen molar-refractivity contribution in [3.05, 3.63) is 41.2 Å². The second-order valence-electron chi connectivity index (χ2n) is 3.64. The third kappa shape index (κ3) is 1.94. The Morgan fingerprint density at radius 3 is 2.62 bits per heavy atom. The molecule has 0 amide bonds. The Hall–Kier alpha value is -1.75. The number of aryl methyl sites for hydroxylation is 2. The zero-order chi connectivity index (χ0) is 11.7. The maximum Gasteiger partial charge on any atom is 0.148 e. The van der Waals surface area contributed by atoms with Crippen molar-refractivity contribution in [2.24, 2.45) is 5.73 Å². The van der Waals surface area contributed by atoms with E-state index in [0.29, 0.717) is 18.1 Å². The van der Waals surface area contributed by atoms with Gasteiger partial charge in [0.2, 0.25) is 0 Å². The molecular formula is C11H13FN4. The Kier molecular flexibility index (Phi) is 2.70. The molecule has 16 heavy (non-hydrogen) atoms. The van der Waals surface area contributed by atoms with Gasteiger partial charge in [0.15, 0.2) is 0 Å². The number of nitrogens with two attached hydrogens (primary N) is 1. The third-order valence-corrected chi connectivity index (χ3v) is 2.30. The van der Waals surface area contributed by atoms with Gasteiger partial charge in [0, 0.05) is 6.54 Å². The first-order chi connectivity index (χ1) is 7.60. The SMILES string of the molecule is Cc1nc(C)n(-c2cc(F)cc(CN)c2)n1. The number of hydrogen-bond donors (Lipinski definition) is 1. The highest BCUT2D eigenvalue weighted by molar-refractivity contribution is 5.36. The Morgan fingerprint density at radius 2 is 2.06 bits per heavy atom. The standard InChI is InChI=1S/C11H13FN4/c1-7-14-8(2)16(15-7)11-4-9(6-13)3-10(12)5-11/h3-5H,6,13H2,1-2H3. The molecule has 1 heterocycles. The lowest BCUT2D eigenvalue weighted by Crippen LogP contribution is -2.03. The van der Waals surface area contributed by atoms with Gasteiger partial charge >= 0.3 is 0 Å². The number of benzene rings is 1. The molecule has 0 saturated heterocycles. The molecular weight excluding hydrogens is 207 g/mol. The molecule has 0 saturated carbocycles. The van der Waals surface area contributed by atoms with Crippen molar-refractivity contribution in [2.75, 3.05) is 0 Å². The fourth-order valence-electron chi connectivity index (χ4n) is 1.64. The van der Waals surface area contributed by atoms with Crippen LogP contribution in [0.15, 0.2) is 18.2 Å². The smallest absolute Gasteiger partial charge is 0.148 e. The fraction of sp³-hybridized carbons (Fsp3) is 0.273.